The Kier molecular flexibility index (Phi) is 7.21. The lowest BCUT2D eigenvalue weighted by Gasteiger charge is -2.33. The molecule has 9 aromatic carbocycles. The van der Waals surface area contributed by atoms with Gasteiger partial charge in [0.1, 0.15) is 0 Å². The second kappa shape index (κ2) is 12.8. The molecule has 0 amide bonds. The molecule has 0 N–H and O–H groups in total. The van der Waals surface area contributed by atoms with Crippen molar-refractivity contribution in [2.45, 2.75) is 5.41 Å². The first-order valence-corrected chi connectivity index (χ1v) is 20.2. The number of rotatable bonds is 5. The van der Waals surface area contributed by atoms with E-state index < -0.39 is 5.41 Å². The van der Waals surface area contributed by atoms with Gasteiger partial charge in [0.15, 0.2) is 0 Å². The van der Waals surface area contributed by atoms with Crippen molar-refractivity contribution in [3.8, 4) is 39.7 Å². The molecule has 274 valence electrons. The lowest BCUT2D eigenvalue weighted by atomic mass is 9.67. The minimum absolute atomic E-state index is 0.533. The van der Waals surface area contributed by atoms with Crippen LogP contribution in [-0.4, -0.2) is 9.13 Å². The van der Waals surface area contributed by atoms with Gasteiger partial charge in [0.25, 0.3) is 0 Å². The van der Waals surface area contributed by atoms with E-state index in [2.05, 4.69) is 221 Å². The summed E-state index contributed by atoms with van der Waals surface area (Å²) < 4.78 is 4.86. The molecule has 1 aliphatic carbocycles. The summed E-state index contributed by atoms with van der Waals surface area (Å²) >= 11 is 0. The van der Waals surface area contributed by atoms with Crippen molar-refractivity contribution in [3.63, 3.8) is 0 Å². The molecule has 2 aromatic heterocycles. The van der Waals surface area contributed by atoms with E-state index >= 15 is 0 Å². The Morgan fingerprint density at radius 3 is 1.53 bits per heavy atom. The number of nitrogens with zero attached hydrogens (tertiary/aromatic N) is 3. The van der Waals surface area contributed by atoms with Crippen molar-refractivity contribution in [2.75, 3.05) is 0 Å². The first kappa shape index (κ1) is 33.2. The topological polar surface area (TPSA) is 33.6 Å². The van der Waals surface area contributed by atoms with Gasteiger partial charge < -0.3 is 9.13 Å². The van der Waals surface area contributed by atoms with Gasteiger partial charge in [-0.2, -0.15) is 5.26 Å². The van der Waals surface area contributed by atoms with Crippen LogP contribution in [0.1, 0.15) is 27.8 Å². The lowest BCUT2D eigenvalue weighted by Crippen LogP contribution is -2.28. The van der Waals surface area contributed by atoms with Crippen LogP contribution in [0.15, 0.2) is 212 Å². The van der Waals surface area contributed by atoms with Gasteiger partial charge in [-0.25, -0.2) is 0 Å². The van der Waals surface area contributed by atoms with Crippen molar-refractivity contribution < 1.29 is 0 Å². The molecule has 0 radical (unpaired) electrons. The Morgan fingerprint density at radius 1 is 0.373 bits per heavy atom. The van der Waals surface area contributed by atoms with Crippen LogP contribution in [0.3, 0.4) is 0 Å². The number of nitriles is 1. The third kappa shape index (κ3) is 4.57. The normalized spacial score (nSPS) is 12.9. The van der Waals surface area contributed by atoms with E-state index in [1.807, 2.05) is 6.07 Å². The summed E-state index contributed by atoms with van der Waals surface area (Å²) in [6.07, 6.45) is 0. The number of benzene rings is 9. The Bertz CT molecular complexity index is 3420. The van der Waals surface area contributed by atoms with Gasteiger partial charge in [0.2, 0.25) is 0 Å². The third-order valence-electron chi connectivity index (χ3n) is 12.6. The fourth-order valence-corrected chi connectivity index (χ4v) is 10.3. The zero-order chi connectivity index (χ0) is 39.1. The molecule has 1 aliphatic rings. The van der Waals surface area contributed by atoms with Crippen LogP contribution < -0.4 is 0 Å². The Balaban J connectivity index is 1.22. The molecule has 2 heterocycles. The van der Waals surface area contributed by atoms with E-state index in [9.17, 15) is 5.26 Å². The van der Waals surface area contributed by atoms with E-state index in [0.717, 1.165) is 39.1 Å². The SMILES string of the molecule is N#Cc1ccc(-n2c3ccccc3c3ccccc32)c(-c2ccccc2-n2c3ccccc3c3ccc4c(c32)-c2ccccc2C4(c2ccccc2)c2ccccc2)c1. The summed E-state index contributed by atoms with van der Waals surface area (Å²) in [5, 5.41) is 15.2. The van der Waals surface area contributed by atoms with Gasteiger partial charge >= 0.3 is 0 Å². The largest absolute Gasteiger partial charge is 0.309 e. The maximum atomic E-state index is 10.4. The number of aromatic nitrogens is 2. The molecule has 0 aliphatic heterocycles. The molecule has 3 nitrogen and oxygen atoms in total. The quantitative estimate of drug-likeness (QED) is 0.172. The molecule has 0 saturated heterocycles. The Hall–Kier alpha value is -7.93. The number of fused-ring (bicyclic) bond motifs is 10. The lowest BCUT2D eigenvalue weighted by molar-refractivity contribution is 0.769. The van der Waals surface area contributed by atoms with Crippen molar-refractivity contribution in [1.29, 1.82) is 5.26 Å². The highest BCUT2D eigenvalue weighted by Crippen LogP contribution is 2.59. The summed E-state index contributed by atoms with van der Waals surface area (Å²) in [4.78, 5) is 0. The maximum absolute atomic E-state index is 10.4. The van der Waals surface area contributed by atoms with Crippen LogP contribution in [-0.2, 0) is 5.41 Å². The van der Waals surface area contributed by atoms with Crippen molar-refractivity contribution >= 4 is 43.6 Å². The second-order valence-corrected chi connectivity index (χ2v) is 15.5. The van der Waals surface area contributed by atoms with Gasteiger partial charge in [-0.15, -0.1) is 0 Å². The molecular weight excluding hydrogens is 715 g/mol. The molecule has 0 saturated carbocycles. The Labute approximate surface area is 341 Å². The smallest absolute Gasteiger partial charge is 0.0991 e. The summed E-state index contributed by atoms with van der Waals surface area (Å²) in [7, 11) is 0. The number of para-hydroxylation sites is 4. The fraction of sp³-hybridized carbons (Fsp3) is 0.0179. The van der Waals surface area contributed by atoms with E-state index in [1.165, 1.54) is 60.4 Å². The second-order valence-electron chi connectivity index (χ2n) is 15.5. The molecular formula is C56H35N3. The van der Waals surface area contributed by atoms with Gasteiger partial charge in [-0.1, -0.05) is 170 Å². The highest BCUT2D eigenvalue weighted by Gasteiger charge is 2.47. The summed E-state index contributed by atoms with van der Waals surface area (Å²) in [5.74, 6) is 0. The molecule has 0 unspecified atom stereocenters. The maximum Gasteiger partial charge on any atom is 0.0991 e. The van der Waals surface area contributed by atoms with E-state index in [4.69, 9.17) is 0 Å². The highest BCUT2D eigenvalue weighted by atomic mass is 15.0. The molecule has 12 rings (SSSR count). The minimum Gasteiger partial charge on any atom is -0.309 e. The molecule has 0 atom stereocenters. The monoisotopic (exact) mass is 749 g/mol. The van der Waals surface area contributed by atoms with Crippen LogP contribution in [0.25, 0.3) is 77.2 Å². The van der Waals surface area contributed by atoms with Gasteiger partial charge in [0, 0.05) is 38.2 Å². The van der Waals surface area contributed by atoms with Crippen molar-refractivity contribution in [2.24, 2.45) is 0 Å². The predicted molar refractivity (Wildman–Crippen MR) is 243 cm³/mol. The number of hydrogen-bond acceptors (Lipinski definition) is 1. The fourth-order valence-electron chi connectivity index (χ4n) is 10.3. The van der Waals surface area contributed by atoms with E-state index in [1.54, 1.807) is 0 Å². The zero-order valence-corrected chi connectivity index (χ0v) is 32.0. The average molecular weight is 750 g/mol. The average Bonchev–Trinajstić information content (AvgIpc) is 3.94. The predicted octanol–water partition coefficient (Wildman–Crippen LogP) is 13.8. The van der Waals surface area contributed by atoms with Crippen LogP contribution >= 0.6 is 0 Å². The van der Waals surface area contributed by atoms with Gasteiger partial charge in [-0.05, 0) is 70.3 Å². The number of hydrogen-bond donors (Lipinski definition) is 0. The summed E-state index contributed by atoms with van der Waals surface area (Å²) in [6, 6.07) is 79.1. The van der Waals surface area contributed by atoms with E-state index in [-0.39, 0.29) is 0 Å². The minimum atomic E-state index is -0.533. The molecule has 0 fully saturated rings. The molecule has 3 heteroatoms. The molecule has 59 heavy (non-hydrogen) atoms. The molecule has 0 bridgehead atoms. The first-order valence-electron chi connectivity index (χ1n) is 20.2. The zero-order valence-electron chi connectivity index (χ0n) is 32.0. The van der Waals surface area contributed by atoms with Crippen molar-refractivity contribution in [1.82, 2.24) is 9.13 Å². The van der Waals surface area contributed by atoms with Crippen LogP contribution in [0.4, 0.5) is 0 Å². The Morgan fingerprint density at radius 2 is 0.881 bits per heavy atom. The van der Waals surface area contributed by atoms with E-state index in [0.29, 0.717) is 5.56 Å². The van der Waals surface area contributed by atoms with Crippen molar-refractivity contribution in [3.05, 3.63) is 240 Å². The highest BCUT2D eigenvalue weighted by molar-refractivity contribution is 6.17. The van der Waals surface area contributed by atoms with Gasteiger partial charge in [-0.3, -0.25) is 0 Å². The summed E-state index contributed by atoms with van der Waals surface area (Å²) in [6.45, 7) is 0. The standard InChI is InChI=1S/C56H35N3/c57-36-37-31-34-53(58-49-27-13-8-21-40(49)41-22-9-14-28-50(41)58)46(35-37)43-24-11-16-30-52(43)59-51-29-15-10-23-42(51)44-32-33-48-54(55(44)59)45-25-7-12-26-47(45)56(48,38-17-3-1-4-18-38)39-19-5-2-6-20-39/h1-35H. The summed E-state index contributed by atoms with van der Waals surface area (Å²) in [5.41, 5.74) is 16.3. The molecule has 11 aromatic rings. The first-order chi connectivity index (χ1) is 29.3. The molecule has 0 spiro atoms. The van der Waals surface area contributed by atoms with Crippen LogP contribution in [0.5, 0.6) is 0 Å². The van der Waals surface area contributed by atoms with Crippen LogP contribution in [0.2, 0.25) is 0 Å². The van der Waals surface area contributed by atoms with Gasteiger partial charge in [0.05, 0.1) is 50.5 Å². The van der Waals surface area contributed by atoms with Crippen LogP contribution in [0, 0.1) is 11.3 Å². The third-order valence-corrected chi connectivity index (χ3v) is 12.6.